The summed E-state index contributed by atoms with van der Waals surface area (Å²) >= 11 is 0. The Hall–Kier alpha value is -3.39. The summed E-state index contributed by atoms with van der Waals surface area (Å²) in [7, 11) is 0. The summed E-state index contributed by atoms with van der Waals surface area (Å²) in [5, 5.41) is 9.29. The van der Waals surface area contributed by atoms with Crippen LogP contribution in [0.25, 0.3) is 0 Å². The van der Waals surface area contributed by atoms with Gasteiger partial charge in [0.2, 0.25) is 0 Å². The molecule has 3 N–H and O–H groups in total. The van der Waals surface area contributed by atoms with Crippen LogP contribution in [0, 0.1) is 0 Å². The van der Waals surface area contributed by atoms with Gasteiger partial charge in [-0.25, -0.2) is 9.79 Å². The third-order valence-electron chi connectivity index (χ3n) is 5.13. The third-order valence-corrected chi connectivity index (χ3v) is 5.13. The number of hydrogen-bond acceptors (Lipinski definition) is 7. The Morgan fingerprint density at radius 3 is 2.63 bits per heavy atom. The Kier molecular flexibility index (Phi) is 6.24. The highest BCUT2D eigenvalue weighted by atomic mass is 16.5. The van der Waals surface area contributed by atoms with E-state index in [0.29, 0.717) is 0 Å². The topological polar surface area (TPSA) is 95.1 Å². The van der Waals surface area contributed by atoms with Crippen LogP contribution in [0.3, 0.4) is 0 Å². The summed E-state index contributed by atoms with van der Waals surface area (Å²) in [6.45, 7) is 3.44. The van der Waals surface area contributed by atoms with Crippen molar-refractivity contribution in [3.63, 3.8) is 0 Å². The maximum atomic E-state index is 12.4. The number of amidine groups is 1. The fraction of sp³-hybridized carbons (Fsp3) is 0.318. The first kappa shape index (κ1) is 19.9. The number of alkyl carbamates (subject to hydrolysis) is 1. The number of rotatable bonds is 4. The van der Waals surface area contributed by atoms with Crippen LogP contribution in [0.1, 0.15) is 11.1 Å². The van der Waals surface area contributed by atoms with Crippen LogP contribution in [0.2, 0.25) is 0 Å². The van der Waals surface area contributed by atoms with E-state index in [2.05, 4.69) is 20.9 Å². The number of anilines is 1. The van der Waals surface area contributed by atoms with Gasteiger partial charge in [-0.05, 0) is 17.7 Å². The van der Waals surface area contributed by atoms with Crippen LogP contribution >= 0.6 is 0 Å². The zero-order valence-electron chi connectivity index (χ0n) is 16.6. The first-order valence-electron chi connectivity index (χ1n) is 10.1. The molecule has 0 aliphatic carbocycles. The average Bonchev–Trinajstić information content (AvgIpc) is 2.96. The minimum absolute atomic E-state index is 0.146. The van der Waals surface area contributed by atoms with Gasteiger partial charge in [0, 0.05) is 37.4 Å². The Morgan fingerprint density at radius 1 is 1.13 bits per heavy atom. The lowest BCUT2D eigenvalue weighted by Gasteiger charge is -2.31. The van der Waals surface area contributed by atoms with Crippen LogP contribution in [-0.2, 0) is 16.1 Å². The molecule has 4 rings (SSSR count). The molecule has 30 heavy (non-hydrogen) atoms. The van der Waals surface area contributed by atoms with E-state index < -0.39 is 18.3 Å². The highest BCUT2D eigenvalue weighted by Crippen LogP contribution is 2.23. The fourth-order valence-corrected chi connectivity index (χ4v) is 3.59. The number of fused-ring (bicyclic) bond motifs is 1. The van der Waals surface area contributed by atoms with Crippen LogP contribution < -0.4 is 16.0 Å². The van der Waals surface area contributed by atoms with E-state index in [0.717, 1.165) is 55.1 Å². The summed E-state index contributed by atoms with van der Waals surface area (Å²) in [6.07, 6.45) is -0.640. The predicted molar refractivity (Wildman–Crippen MR) is 114 cm³/mol. The Balaban J connectivity index is 1.55. The second-order valence-electron chi connectivity index (χ2n) is 7.19. The Labute approximate surface area is 175 Å². The van der Waals surface area contributed by atoms with E-state index in [9.17, 15) is 9.59 Å². The molecule has 1 saturated heterocycles. The lowest BCUT2D eigenvalue weighted by molar-refractivity contribution is -0.108. The smallest absolute Gasteiger partial charge is 0.409 e. The van der Waals surface area contributed by atoms with Gasteiger partial charge in [-0.1, -0.05) is 42.5 Å². The lowest BCUT2D eigenvalue weighted by Crippen LogP contribution is -2.49. The second-order valence-corrected chi connectivity index (χ2v) is 7.19. The highest BCUT2D eigenvalue weighted by molar-refractivity contribution is 6.04. The van der Waals surface area contributed by atoms with E-state index in [1.165, 1.54) is 0 Å². The number of ether oxygens (including phenoxy) is 1. The minimum atomic E-state index is -0.789. The second kappa shape index (κ2) is 9.41. The number of amides is 1. The maximum absolute atomic E-state index is 12.4. The van der Waals surface area contributed by atoms with Crippen LogP contribution in [0.15, 0.2) is 59.6 Å². The first-order valence-corrected chi connectivity index (χ1v) is 10.1. The normalized spacial score (nSPS) is 20.8. The molecular weight excluding hydrogens is 382 g/mol. The summed E-state index contributed by atoms with van der Waals surface area (Å²) in [5.41, 5.74) is 2.61. The number of aliphatic imine (C=N–C) groups is 1. The summed E-state index contributed by atoms with van der Waals surface area (Å²) in [5.74, 6) is 0.761. The van der Waals surface area contributed by atoms with Gasteiger partial charge >= 0.3 is 6.09 Å². The standard InChI is InChI=1S/C22H25N5O3/c28-14-19-20(26-22(29)30-15-16-6-2-1-3-7-16)25-21(27-12-10-23-11-13-27)17-8-4-5-9-18(17)24-19/h1-9,14,19-20,23-24H,10-13,15H2,(H,26,29). The molecule has 8 heteroatoms. The molecule has 2 atom stereocenters. The predicted octanol–water partition coefficient (Wildman–Crippen LogP) is 1.58. The van der Waals surface area contributed by atoms with E-state index in [-0.39, 0.29) is 6.61 Å². The number of aldehydes is 1. The molecule has 2 aliphatic rings. The number of piperazine rings is 1. The molecule has 1 fully saturated rings. The number of benzodiazepines with no additional fused rings is 1. The Morgan fingerprint density at radius 2 is 1.87 bits per heavy atom. The van der Waals surface area contributed by atoms with Crippen molar-refractivity contribution in [3.05, 3.63) is 65.7 Å². The van der Waals surface area contributed by atoms with Crippen LogP contribution in [0.4, 0.5) is 10.5 Å². The number of benzene rings is 2. The number of para-hydroxylation sites is 1. The monoisotopic (exact) mass is 407 g/mol. The number of hydrogen-bond donors (Lipinski definition) is 3. The molecule has 2 unspecified atom stereocenters. The van der Waals surface area contributed by atoms with Crippen molar-refractivity contribution in [2.45, 2.75) is 18.8 Å². The van der Waals surface area contributed by atoms with Gasteiger partial charge in [0.05, 0.1) is 0 Å². The van der Waals surface area contributed by atoms with Gasteiger partial charge in [0.15, 0.2) is 6.17 Å². The van der Waals surface area contributed by atoms with Gasteiger partial charge < -0.3 is 25.1 Å². The third kappa shape index (κ3) is 4.60. The number of carbonyl (C=O) groups excluding carboxylic acids is 2. The van der Waals surface area contributed by atoms with Crippen molar-refractivity contribution in [1.82, 2.24) is 15.5 Å². The van der Waals surface area contributed by atoms with E-state index in [4.69, 9.17) is 9.73 Å². The zero-order valence-corrected chi connectivity index (χ0v) is 16.6. The largest absolute Gasteiger partial charge is 0.445 e. The SMILES string of the molecule is O=CC1Nc2ccccc2C(N2CCNCC2)=NC1NC(=O)OCc1ccccc1. The van der Waals surface area contributed by atoms with Gasteiger partial charge in [0.1, 0.15) is 24.8 Å². The van der Waals surface area contributed by atoms with E-state index in [1.54, 1.807) is 0 Å². The molecular formula is C22H25N5O3. The molecule has 2 aliphatic heterocycles. The van der Waals surface area contributed by atoms with Crippen molar-refractivity contribution >= 4 is 23.9 Å². The van der Waals surface area contributed by atoms with Crippen LogP contribution in [0.5, 0.6) is 0 Å². The highest BCUT2D eigenvalue weighted by Gasteiger charge is 2.30. The summed E-state index contributed by atoms with van der Waals surface area (Å²) in [4.78, 5) is 31.2. The van der Waals surface area contributed by atoms with Gasteiger partial charge in [0.25, 0.3) is 0 Å². The summed E-state index contributed by atoms with van der Waals surface area (Å²) in [6, 6.07) is 16.5. The molecule has 0 aromatic heterocycles. The number of nitrogens with zero attached hydrogens (tertiary/aromatic N) is 2. The molecule has 0 bridgehead atoms. The lowest BCUT2D eigenvalue weighted by atomic mass is 10.1. The summed E-state index contributed by atoms with van der Waals surface area (Å²) < 4.78 is 5.34. The van der Waals surface area contributed by atoms with Crippen LogP contribution in [-0.4, -0.2) is 61.5 Å². The number of nitrogens with one attached hydrogen (secondary N) is 3. The molecule has 0 spiro atoms. The molecule has 156 valence electrons. The zero-order chi connectivity index (χ0) is 20.8. The average molecular weight is 407 g/mol. The maximum Gasteiger partial charge on any atom is 0.409 e. The molecule has 8 nitrogen and oxygen atoms in total. The molecule has 0 radical (unpaired) electrons. The van der Waals surface area contributed by atoms with Crippen molar-refractivity contribution < 1.29 is 14.3 Å². The minimum Gasteiger partial charge on any atom is -0.445 e. The van der Waals surface area contributed by atoms with Crippen molar-refractivity contribution in [1.29, 1.82) is 0 Å². The molecule has 2 aromatic carbocycles. The number of carbonyl (C=O) groups is 2. The molecule has 2 heterocycles. The first-order chi connectivity index (χ1) is 14.7. The quantitative estimate of drug-likeness (QED) is 0.667. The van der Waals surface area contributed by atoms with Crippen molar-refractivity contribution in [3.8, 4) is 0 Å². The molecule has 0 saturated carbocycles. The van der Waals surface area contributed by atoms with Gasteiger partial charge in [-0.3, -0.25) is 5.32 Å². The fourth-order valence-electron chi connectivity index (χ4n) is 3.59. The van der Waals surface area contributed by atoms with E-state index in [1.807, 2.05) is 54.6 Å². The van der Waals surface area contributed by atoms with Crippen molar-refractivity contribution in [2.24, 2.45) is 4.99 Å². The van der Waals surface area contributed by atoms with Crippen molar-refractivity contribution in [2.75, 3.05) is 31.5 Å². The Bertz CT molecular complexity index is 912. The van der Waals surface area contributed by atoms with Gasteiger partial charge in [-0.15, -0.1) is 0 Å². The molecule has 1 amide bonds. The molecule has 2 aromatic rings. The van der Waals surface area contributed by atoms with E-state index >= 15 is 0 Å². The van der Waals surface area contributed by atoms with Gasteiger partial charge in [-0.2, -0.15) is 0 Å².